The highest BCUT2D eigenvalue weighted by atomic mass is 32.1. The number of rotatable bonds is 5. The Labute approximate surface area is 168 Å². The first-order valence-electron chi connectivity index (χ1n) is 9.24. The fraction of sp³-hybridized carbons (Fsp3) is 0.217. The molecule has 0 aliphatic carbocycles. The SMILES string of the molecule is COCCNC(=O)c1sc2c(cnc3ccc(C)cc32)c1-c1ccc(C)cc1. The van der Waals surface area contributed by atoms with Gasteiger partial charge in [0, 0.05) is 40.9 Å². The summed E-state index contributed by atoms with van der Waals surface area (Å²) in [6.07, 6.45) is 1.89. The number of carbonyl (C=O) groups excluding carboxylic acids is 1. The van der Waals surface area contributed by atoms with Crippen LogP contribution in [0.3, 0.4) is 0 Å². The van der Waals surface area contributed by atoms with E-state index in [9.17, 15) is 4.79 Å². The van der Waals surface area contributed by atoms with Crippen molar-refractivity contribution in [1.29, 1.82) is 0 Å². The van der Waals surface area contributed by atoms with Crippen LogP contribution < -0.4 is 5.32 Å². The molecule has 4 aromatic rings. The zero-order chi connectivity index (χ0) is 19.7. The number of benzene rings is 2. The summed E-state index contributed by atoms with van der Waals surface area (Å²) in [7, 11) is 1.63. The first-order chi connectivity index (χ1) is 13.6. The number of pyridine rings is 1. The lowest BCUT2D eigenvalue weighted by Gasteiger charge is -2.07. The number of nitrogens with one attached hydrogen (secondary N) is 1. The van der Waals surface area contributed by atoms with Gasteiger partial charge in [-0.15, -0.1) is 11.3 Å². The van der Waals surface area contributed by atoms with Gasteiger partial charge in [0.05, 0.1) is 12.1 Å². The summed E-state index contributed by atoms with van der Waals surface area (Å²) in [6, 6.07) is 14.5. The summed E-state index contributed by atoms with van der Waals surface area (Å²) < 4.78 is 6.16. The van der Waals surface area contributed by atoms with Crippen molar-refractivity contribution in [3.63, 3.8) is 0 Å². The Morgan fingerprint density at radius 2 is 1.82 bits per heavy atom. The Balaban J connectivity index is 1.95. The molecule has 0 unspecified atom stereocenters. The standard InChI is InChI=1S/C23H22N2O2S/c1-14-4-7-16(8-5-14)20-18-13-25-19-9-6-15(2)12-17(19)21(18)28-22(20)23(26)24-10-11-27-3/h4-9,12-13H,10-11H2,1-3H3,(H,24,26). The predicted octanol–water partition coefficient (Wildman–Crippen LogP) is 5.11. The molecule has 0 spiro atoms. The molecule has 0 fully saturated rings. The number of carbonyl (C=O) groups is 1. The van der Waals surface area contributed by atoms with E-state index in [0.29, 0.717) is 18.0 Å². The number of hydrogen-bond acceptors (Lipinski definition) is 4. The van der Waals surface area contributed by atoms with Crippen molar-refractivity contribution < 1.29 is 9.53 Å². The zero-order valence-electron chi connectivity index (χ0n) is 16.2. The Hall–Kier alpha value is -2.76. The van der Waals surface area contributed by atoms with Crippen LogP contribution in [-0.4, -0.2) is 31.2 Å². The third kappa shape index (κ3) is 3.39. The Morgan fingerprint density at radius 3 is 2.57 bits per heavy atom. The maximum atomic E-state index is 13.0. The van der Waals surface area contributed by atoms with E-state index in [1.54, 1.807) is 7.11 Å². The van der Waals surface area contributed by atoms with Crippen LogP contribution in [0.1, 0.15) is 20.8 Å². The second-order valence-electron chi connectivity index (χ2n) is 6.94. The van der Waals surface area contributed by atoms with Crippen LogP contribution in [0, 0.1) is 13.8 Å². The van der Waals surface area contributed by atoms with Gasteiger partial charge in [-0.3, -0.25) is 9.78 Å². The largest absolute Gasteiger partial charge is 0.383 e. The van der Waals surface area contributed by atoms with E-state index in [-0.39, 0.29) is 5.91 Å². The molecule has 4 nitrogen and oxygen atoms in total. The van der Waals surface area contributed by atoms with Crippen molar-refractivity contribution >= 4 is 38.2 Å². The van der Waals surface area contributed by atoms with Crippen LogP contribution in [0.25, 0.3) is 32.1 Å². The monoisotopic (exact) mass is 390 g/mol. The van der Waals surface area contributed by atoms with Crippen LogP contribution >= 0.6 is 11.3 Å². The summed E-state index contributed by atoms with van der Waals surface area (Å²) in [5, 5.41) is 5.07. The number of aromatic nitrogens is 1. The molecule has 2 aromatic heterocycles. The van der Waals surface area contributed by atoms with E-state index in [0.717, 1.165) is 32.1 Å². The number of amides is 1. The van der Waals surface area contributed by atoms with Crippen LogP contribution in [-0.2, 0) is 4.74 Å². The van der Waals surface area contributed by atoms with E-state index in [2.05, 4.69) is 60.5 Å². The number of hydrogen-bond donors (Lipinski definition) is 1. The maximum absolute atomic E-state index is 13.0. The van der Waals surface area contributed by atoms with Gasteiger partial charge >= 0.3 is 0 Å². The second-order valence-corrected chi connectivity index (χ2v) is 7.96. The van der Waals surface area contributed by atoms with Gasteiger partial charge in [0.25, 0.3) is 5.91 Å². The molecule has 5 heteroatoms. The fourth-order valence-electron chi connectivity index (χ4n) is 3.36. The first-order valence-corrected chi connectivity index (χ1v) is 10.1. The third-order valence-electron chi connectivity index (χ3n) is 4.81. The highest BCUT2D eigenvalue weighted by Gasteiger charge is 2.21. The highest BCUT2D eigenvalue weighted by molar-refractivity contribution is 7.22. The third-order valence-corrected chi connectivity index (χ3v) is 6.05. The lowest BCUT2D eigenvalue weighted by atomic mass is 10.00. The zero-order valence-corrected chi connectivity index (χ0v) is 17.0. The molecule has 1 amide bonds. The van der Waals surface area contributed by atoms with Gasteiger partial charge in [-0.1, -0.05) is 41.5 Å². The van der Waals surface area contributed by atoms with Gasteiger partial charge in [0.15, 0.2) is 0 Å². The lowest BCUT2D eigenvalue weighted by molar-refractivity contribution is 0.0942. The van der Waals surface area contributed by atoms with Crippen molar-refractivity contribution in [3.8, 4) is 11.1 Å². The van der Waals surface area contributed by atoms with Crippen molar-refractivity contribution in [1.82, 2.24) is 10.3 Å². The van der Waals surface area contributed by atoms with Crippen LogP contribution in [0.2, 0.25) is 0 Å². The fourth-order valence-corrected chi connectivity index (χ4v) is 4.60. The topological polar surface area (TPSA) is 51.2 Å². The predicted molar refractivity (Wildman–Crippen MR) is 116 cm³/mol. The lowest BCUT2D eigenvalue weighted by Crippen LogP contribution is -2.26. The Kier molecular flexibility index (Phi) is 5.11. The van der Waals surface area contributed by atoms with Crippen molar-refractivity contribution in [2.75, 3.05) is 20.3 Å². The summed E-state index contributed by atoms with van der Waals surface area (Å²) in [6.45, 7) is 5.10. The molecule has 0 bridgehead atoms. The van der Waals surface area contributed by atoms with Gasteiger partial charge < -0.3 is 10.1 Å². The van der Waals surface area contributed by atoms with Crippen molar-refractivity contribution in [2.45, 2.75) is 13.8 Å². The van der Waals surface area contributed by atoms with Gasteiger partial charge in [0.2, 0.25) is 0 Å². The van der Waals surface area contributed by atoms with Crippen LogP contribution in [0.5, 0.6) is 0 Å². The smallest absolute Gasteiger partial charge is 0.262 e. The van der Waals surface area contributed by atoms with E-state index in [4.69, 9.17) is 4.74 Å². The molecule has 0 saturated heterocycles. The van der Waals surface area contributed by atoms with E-state index in [1.807, 2.05) is 12.3 Å². The minimum atomic E-state index is -0.0744. The molecule has 28 heavy (non-hydrogen) atoms. The number of thiophene rings is 1. The van der Waals surface area contributed by atoms with Gasteiger partial charge in [-0.25, -0.2) is 0 Å². The molecule has 2 aromatic carbocycles. The maximum Gasteiger partial charge on any atom is 0.262 e. The molecule has 0 radical (unpaired) electrons. The molecule has 4 rings (SSSR count). The summed E-state index contributed by atoms with van der Waals surface area (Å²) >= 11 is 1.53. The highest BCUT2D eigenvalue weighted by Crippen LogP contribution is 2.41. The van der Waals surface area contributed by atoms with Crippen molar-refractivity contribution in [2.24, 2.45) is 0 Å². The molecule has 2 heterocycles. The minimum Gasteiger partial charge on any atom is -0.383 e. The average molecular weight is 391 g/mol. The molecule has 0 aliphatic heterocycles. The van der Waals surface area contributed by atoms with Crippen LogP contribution in [0.4, 0.5) is 0 Å². The molecular weight excluding hydrogens is 368 g/mol. The molecule has 0 atom stereocenters. The molecule has 1 N–H and O–H groups in total. The number of ether oxygens (including phenoxy) is 1. The van der Waals surface area contributed by atoms with E-state index in [1.165, 1.54) is 22.5 Å². The summed E-state index contributed by atoms with van der Waals surface area (Å²) in [4.78, 5) is 18.3. The molecule has 142 valence electrons. The number of methoxy groups -OCH3 is 1. The second kappa shape index (κ2) is 7.70. The summed E-state index contributed by atoms with van der Waals surface area (Å²) in [5.74, 6) is -0.0744. The van der Waals surface area contributed by atoms with Crippen LogP contribution in [0.15, 0.2) is 48.7 Å². The van der Waals surface area contributed by atoms with Gasteiger partial charge in [0.1, 0.15) is 4.88 Å². The number of aryl methyl sites for hydroxylation is 2. The molecule has 0 aliphatic rings. The van der Waals surface area contributed by atoms with Gasteiger partial charge in [-0.05, 0) is 31.5 Å². The van der Waals surface area contributed by atoms with E-state index >= 15 is 0 Å². The summed E-state index contributed by atoms with van der Waals surface area (Å²) in [5.41, 5.74) is 5.29. The normalized spacial score (nSPS) is 11.2. The molecular formula is C23H22N2O2S. The first kappa shape index (κ1) is 18.6. The number of nitrogens with zero attached hydrogens (tertiary/aromatic N) is 1. The van der Waals surface area contributed by atoms with Crippen molar-refractivity contribution in [3.05, 3.63) is 64.7 Å². The Bertz CT molecular complexity index is 1160. The quantitative estimate of drug-likeness (QED) is 0.482. The minimum absolute atomic E-state index is 0.0744. The Morgan fingerprint density at radius 1 is 1.07 bits per heavy atom. The molecule has 0 saturated carbocycles. The average Bonchev–Trinajstić information content (AvgIpc) is 3.09. The van der Waals surface area contributed by atoms with Gasteiger partial charge in [-0.2, -0.15) is 0 Å². The van der Waals surface area contributed by atoms with E-state index < -0.39 is 0 Å². The number of fused-ring (bicyclic) bond motifs is 3.